The molecule has 6 nitrogen and oxygen atoms in total. The summed E-state index contributed by atoms with van der Waals surface area (Å²) in [5.41, 5.74) is 3.16. The van der Waals surface area contributed by atoms with Crippen molar-refractivity contribution in [3.8, 4) is 0 Å². The van der Waals surface area contributed by atoms with E-state index < -0.39 is 0 Å². The molecule has 1 aliphatic carbocycles. The lowest BCUT2D eigenvalue weighted by Crippen LogP contribution is -2.52. The molecule has 0 radical (unpaired) electrons. The molecule has 2 atom stereocenters. The van der Waals surface area contributed by atoms with Gasteiger partial charge in [0.05, 0.1) is 24.5 Å². The zero-order valence-corrected chi connectivity index (χ0v) is 15.9. The predicted molar refractivity (Wildman–Crippen MR) is 106 cm³/mol. The number of guanidine groups is 1. The normalized spacial score (nSPS) is 24.2. The first kappa shape index (κ1) is 17.2. The average Bonchev–Trinajstić information content (AvgIpc) is 2.64. The van der Waals surface area contributed by atoms with Gasteiger partial charge in [0.25, 0.3) is 0 Å². The van der Waals surface area contributed by atoms with E-state index >= 15 is 0 Å². The van der Waals surface area contributed by atoms with Gasteiger partial charge in [0.1, 0.15) is 0 Å². The molecular formula is C20H28N6. The zero-order valence-electron chi connectivity index (χ0n) is 15.9. The van der Waals surface area contributed by atoms with Gasteiger partial charge in [-0.05, 0) is 44.7 Å². The number of benzene rings is 1. The largest absolute Gasteiger partial charge is 0.343 e. The van der Waals surface area contributed by atoms with Crippen LogP contribution in [0.1, 0.15) is 43.9 Å². The summed E-state index contributed by atoms with van der Waals surface area (Å²) in [6, 6.07) is 6.91. The highest BCUT2D eigenvalue weighted by Crippen LogP contribution is 2.28. The Morgan fingerprint density at radius 1 is 1.15 bits per heavy atom. The van der Waals surface area contributed by atoms with Crippen LogP contribution in [0.5, 0.6) is 0 Å². The number of nitrogens with zero attached hydrogens (tertiary/aromatic N) is 4. The molecule has 138 valence electrons. The van der Waals surface area contributed by atoms with Crippen LogP contribution in [-0.4, -0.2) is 40.2 Å². The second-order valence-electron chi connectivity index (χ2n) is 7.68. The van der Waals surface area contributed by atoms with Crippen LogP contribution < -0.4 is 10.6 Å². The van der Waals surface area contributed by atoms with Crippen molar-refractivity contribution in [2.24, 2.45) is 10.9 Å². The molecule has 0 saturated heterocycles. The minimum absolute atomic E-state index is 0.601. The molecule has 6 heteroatoms. The second-order valence-corrected chi connectivity index (χ2v) is 7.68. The maximum absolute atomic E-state index is 4.68. The van der Waals surface area contributed by atoms with Gasteiger partial charge < -0.3 is 5.32 Å². The van der Waals surface area contributed by atoms with Crippen LogP contribution in [-0.2, 0) is 0 Å². The lowest BCUT2D eigenvalue weighted by atomic mass is 9.85. The third-order valence-corrected chi connectivity index (χ3v) is 5.67. The minimum Gasteiger partial charge on any atom is -0.343 e. The fourth-order valence-corrected chi connectivity index (χ4v) is 4.15. The van der Waals surface area contributed by atoms with Gasteiger partial charge in [-0.2, -0.15) is 0 Å². The molecule has 1 aromatic heterocycles. The number of rotatable bonds is 2. The van der Waals surface area contributed by atoms with Crippen molar-refractivity contribution in [2.75, 3.05) is 18.7 Å². The maximum atomic E-state index is 4.68. The number of hydrogen-bond donors (Lipinski definition) is 2. The van der Waals surface area contributed by atoms with Gasteiger partial charge in [-0.25, -0.2) is 15.0 Å². The Balaban J connectivity index is 1.46. The third-order valence-electron chi connectivity index (χ3n) is 5.67. The van der Waals surface area contributed by atoms with Crippen LogP contribution in [0.2, 0.25) is 0 Å². The first-order valence-corrected chi connectivity index (χ1v) is 9.64. The highest BCUT2D eigenvalue weighted by molar-refractivity contribution is 5.93. The summed E-state index contributed by atoms with van der Waals surface area (Å²) >= 11 is 0. The van der Waals surface area contributed by atoms with Crippen LogP contribution in [0, 0.1) is 19.8 Å². The van der Waals surface area contributed by atoms with E-state index in [1.54, 1.807) is 0 Å². The summed E-state index contributed by atoms with van der Waals surface area (Å²) in [5.74, 6) is 2.12. The standard InChI is InChI=1S/C20H28N6/c1-13-8-9-17-16(10-13)15(3)23-20(24-17)25-19-21-11-26(12-22-19)18-7-5-4-6-14(18)2/h8-10,14,18H,4-7,11-12H2,1-3H3,(H2,21,22,23,24,25). The van der Waals surface area contributed by atoms with Crippen LogP contribution in [0.15, 0.2) is 23.2 Å². The Bertz CT molecular complexity index is 830. The van der Waals surface area contributed by atoms with Crippen molar-refractivity contribution in [3.63, 3.8) is 0 Å². The van der Waals surface area contributed by atoms with Gasteiger partial charge >= 0.3 is 0 Å². The van der Waals surface area contributed by atoms with Crippen molar-refractivity contribution < 1.29 is 0 Å². The summed E-state index contributed by atoms with van der Waals surface area (Å²) in [5, 5.41) is 7.75. The monoisotopic (exact) mass is 352 g/mol. The molecule has 4 rings (SSSR count). The summed E-state index contributed by atoms with van der Waals surface area (Å²) in [7, 11) is 0. The number of hydrogen-bond acceptors (Lipinski definition) is 6. The Morgan fingerprint density at radius 3 is 2.77 bits per heavy atom. The highest BCUT2D eigenvalue weighted by atomic mass is 15.4. The van der Waals surface area contributed by atoms with Crippen molar-refractivity contribution >= 4 is 22.8 Å². The van der Waals surface area contributed by atoms with Crippen LogP contribution in [0.4, 0.5) is 5.95 Å². The molecular weight excluding hydrogens is 324 g/mol. The molecule has 1 aromatic carbocycles. The van der Waals surface area contributed by atoms with Gasteiger partial charge in [0.15, 0.2) is 0 Å². The van der Waals surface area contributed by atoms with Gasteiger partial charge in [0, 0.05) is 11.4 Å². The molecule has 1 saturated carbocycles. The lowest BCUT2D eigenvalue weighted by molar-refractivity contribution is 0.107. The van der Waals surface area contributed by atoms with E-state index in [1.165, 1.54) is 31.2 Å². The third kappa shape index (κ3) is 3.51. The Kier molecular flexibility index (Phi) is 4.76. The molecule has 0 amide bonds. The average molecular weight is 352 g/mol. The van der Waals surface area contributed by atoms with E-state index in [1.807, 2.05) is 13.0 Å². The number of nitrogens with one attached hydrogen (secondary N) is 2. The number of aryl methyl sites for hydroxylation is 2. The van der Waals surface area contributed by atoms with Crippen molar-refractivity contribution in [2.45, 2.75) is 52.5 Å². The van der Waals surface area contributed by atoms with Crippen LogP contribution in [0.25, 0.3) is 10.9 Å². The summed E-state index contributed by atoms with van der Waals surface area (Å²) in [6.45, 7) is 8.04. The van der Waals surface area contributed by atoms with E-state index in [0.717, 1.165) is 41.8 Å². The molecule has 1 aliphatic heterocycles. The van der Waals surface area contributed by atoms with Crippen molar-refractivity contribution in [1.29, 1.82) is 0 Å². The Labute approximate surface area is 155 Å². The molecule has 0 bridgehead atoms. The summed E-state index contributed by atoms with van der Waals surface area (Å²) in [4.78, 5) is 16.4. The number of anilines is 1. The van der Waals surface area contributed by atoms with E-state index in [2.05, 4.69) is 56.5 Å². The van der Waals surface area contributed by atoms with Gasteiger partial charge in [0.2, 0.25) is 11.9 Å². The summed E-state index contributed by atoms with van der Waals surface area (Å²) in [6.07, 6.45) is 5.32. The quantitative estimate of drug-likeness (QED) is 0.867. The maximum Gasteiger partial charge on any atom is 0.230 e. The SMILES string of the molecule is Cc1ccc2nc(NC3=NCN(C4CCCCC4C)CN3)nc(C)c2c1. The molecule has 2 unspecified atom stereocenters. The molecule has 1 fully saturated rings. The molecule has 2 aliphatic rings. The lowest BCUT2D eigenvalue weighted by Gasteiger charge is -2.39. The molecule has 26 heavy (non-hydrogen) atoms. The zero-order chi connectivity index (χ0) is 18.1. The van der Waals surface area contributed by atoms with E-state index in [-0.39, 0.29) is 0 Å². The summed E-state index contributed by atoms with van der Waals surface area (Å²) < 4.78 is 0. The Hall–Kier alpha value is -2.21. The first-order valence-electron chi connectivity index (χ1n) is 9.64. The number of aromatic nitrogens is 2. The van der Waals surface area contributed by atoms with Crippen molar-refractivity contribution in [1.82, 2.24) is 20.2 Å². The smallest absolute Gasteiger partial charge is 0.230 e. The molecule has 0 spiro atoms. The number of aliphatic imine (C=N–C) groups is 1. The fourth-order valence-electron chi connectivity index (χ4n) is 4.15. The van der Waals surface area contributed by atoms with E-state index in [4.69, 9.17) is 0 Å². The fraction of sp³-hybridized carbons (Fsp3) is 0.550. The Morgan fingerprint density at radius 2 is 2.00 bits per heavy atom. The van der Waals surface area contributed by atoms with E-state index in [9.17, 15) is 0 Å². The number of fused-ring (bicyclic) bond motifs is 1. The minimum atomic E-state index is 0.601. The molecule has 2 aromatic rings. The van der Waals surface area contributed by atoms with Crippen LogP contribution >= 0.6 is 0 Å². The van der Waals surface area contributed by atoms with Gasteiger partial charge in [-0.1, -0.05) is 31.4 Å². The van der Waals surface area contributed by atoms with Crippen molar-refractivity contribution in [3.05, 3.63) is 29.5 Å². The highest BCUT2D eigenvalue weighted by Gasteiger charge is 2.28. The topological polar surface area (TPSA) is 65.4 Å². The van der Waals surface area contributed by atoms with E-state index in [0.29, 0.717) is 12.0 Å². The second kappa shape index (κ2) is 7.19. The van der Waals surface area contributed by atoms with Gasteiger partial charge in [-0.15, -0.1) is 0 Å². The predicted octanol–water partition coefficient (Wildman–Crippen LogP) is 3.41. The molecule has 2 N–H and O–H groups in total. The van der Waals surface area contributed by atoms with Crippen LogP contribution in [0.3, 0.4) is 0 Å². The molecule has 2 heterocycles. The first-order chi connectivity index (χ1) is 12.6. The van der Waals surface area contributed by atoms with Gasteiger partial charge in [-0.3, -0.25) is 10.2 Å².